The minimum atomic E-state index is -0.105. The summed E-state index contributed by atoms with van der Waals surface area (Å²) in [5.74, 6) is 2.00. The Bertz CT molecular complexity index is 2380. The molecule has 3 nitrogen and oxygen atoms in total. The molecule has 0 bridgehead atoms. The molecule has 1 aliphatic carbocycles. The highest BCUT2D eigenvalue weighted by Crippen LogP contribution is 2.52. The van der Waals surface area contributed by atoms with Crippen LogP contribution in [0.25, 0.3) is 76.6 Å². The number of nitrogens with zero attached hydrogens (tertiary/aromatic N) is 3. The van der Waals surface area contributed by atoms with Gasteiger partial charge >= 0.3 is 0 Å². The van der Waals surface area contributed by atoms with Crippen molar-refractivity contribution in [2.24, 2.45) is 0 Å². The summed E-state index contributed by atoms with van der Waals surface area (Å²) in [7, 11) is 0. The van der Waals surface area contributed by atoms with Crippen LogP contribution in [-0.2, 0) is 5.41 Å². The minimum absolute atomic E-state index is 0.105. The molecule has 0 atom stereocenters. The summed E-state index contributed by atoms with van der Waals surface area (Å²) < 4.78 is 2.70. The average Bonchev–Trinajstić information content (AvgIpc) is 3.59. The van der Waals surface area contributed by atoms with Gasteiger partial charge in [-0.15, -0.1) is 11.3 Å². The molecule has 0 saturated carbocycles. The van der Waals surface area contributed by atoms with Gasteiger partial charge in [0.1, 0.15) is 0 Å². The number of hydrogen-bond donors (Lipinski definition) is 0. The molecule has 0 unspecified atom stereocenters. The van der Waals surface area contributed by atoms with Crippen LogP contribution in [0.1, 0.15) is 25.0 Å². The lowest BCUT2D eigenvalue weighted by Gasteiger charge is -2.22. The lowest BCUT2D eigenvalue weighted by molar-refractivity contribution is 0.661. The number of fused-ring (bicyclic) bond motifs is 6. The van der Waals surface area contributed by atoms with Crippen LogP contribution in [0, 0.1) is 0 Å². The van der Waals surface area contributed by atoms with Crippen LogP contribution in [0.5, 0.6) is 0 Å². The maximum absolute atomic E-state index is 4.96. The molecule has 0 spiro atoms. The van der Waals surface area contributed by atoms with Crippen molar-refractivity contribution in [2.75, 3.05) is 0 Å². The summed E-state index contributed by atoms with van der Waals surface area (Å²) in [5.41, 5.74) is 10.6. The topological polar surface area (TPSA) is 38.7 Å². The van der Waals surface area contributed by atoms with E-state index in [0.717, 1.165) is 22.3 Å². The van der Waals surface area contributed by atoms with Crippen LogP contribution in [0.4, 0.5) is 0 Å². The molecule has 46 heavy (non-hydrogen) atoms. The molecule has 0 N–H and O–H groups in total. The molecule has 218 valence electrons. The fourth-order valence-electron chi connectivity index (χ4n) is 6.91. The summed E-state index contributed by atoms with van der Waals surface area (Å²) in [6.07, 6.45) is 0. The summed E-state index contributed by atoms with van der Waals surface area (Å²) in [5, 5.41) is 2.69. The van der Waals surface area contributed by atoms with Gasteiger partial charge in [0.05, 0.1) is 0 Å². The Kier molecular flexibility index (Phi) is 6.02. The zero-order valence-electron chi connectivity index (χ0n) is 25.5. The number of hydrogen-bond acceptors (Lipinski definition) is 4. The van der Waals surface area contributed by atoms with Gasteiger partial charge < -0.3 is 0 Å². The van der Waals surface area contributed by atoms with E-state index >= 15 is 0 Å². The third-order valence-electron chi connectivity index (χ3n) is 9.33. The van der Waals surface area contributed by atoms with Crippen molar-refractivity contribution in [2.45, 2.75) is 19.3 Å². The molecule has 0 aliphatic heterocycles. The standard InChI is InChI=1S/C42H29N3S/c1-42(2)35-23-29(20-21-31(35)33-24-34-32-18-9-10-19-37(32)46-38(34)25-36(33)42)28-16-11-17-30(22-28)41-44-39(26-12-5-3-6-13-26)43-40(45-41)27-14-7-4-8-15-27/h3-25H,1-2H3. The van der Waals surface area contributed by atoms with Crippen molar-refractivity contribution < 1.29 is 0 Å². The summed E-state index contributed by atoms with van der Waals surface area (Å²) >= 11 is 1.89. The SMILES string of the molecule is CC1(C)c2cc(-c3cccc(-c4nc(-c5ccccc5)nc(-c5ccccc5)n4)c3)ccc2-c2cc3c(cc21)sc1ccccc13. The fraction of sp³-hybridized carbons (Fsp3) is 0.0714. The first-order valence-electron chi connectivity index (χ1n) is 15.6. The molecular formula is C42H29N3S. The third kappa shape index (κ3) is 4.29. The number of aromatic nitrogens is 3. The second-order valence-electron chi connectivity index (χ2n) is 12.5. The van der Waals surface area contributed by atoms with Crippen molar-refractivity contribution in [1.29, 1.82) is 0 Å². The quantitative estimate of drug-likeness (QED) is 0.200. The van der Waals surface area contributed by atoms with E-state index < -0.39 is 0 Å². The van der Waals surface area contributed by atoms with E-state index in [9.17, 15) is 0 Å². The highest BCUT2D eigenvalue weighted by molar-refractivity contribution is 7.25. The Morgan fingerprint density at radius 2 is 0.978 bits per heavy atom. The lowest BCUT2D eigenvalue weighted by atomic mass is 9.81. The van der Waals surface area contributed by atoms with Crippen LogP contribution in [0.2, 0.25) is 0 Å². The van der Waals surface area contributed by atoms with E-state index in [1.165, 1.54) is 48.0 Å². The van der Waals surface area contributed by atoms with E-state index in [4.69, 9.17) is 15.0 Å². The van der Waals surface area contributed by atoms with Crippen LogP contribution >= 0.6 is 11.3 Å². The first kappa shape index (κ1) is 26.9. The van der Waals surface area contributed by atoms with Crippen LogP contribution in [0.15, 0.2) is 140 Å². The second-order valence-corrected chi connectivity index (χ2v) is 13.6. The molecule has 2 aromatic heterocycles. The van der Waals surface area contributed by atoms with Crippen LogP contribution < -0.4 is 0 Å². The first-order valence-corrected chi connectivity index (χ1v) is 16.4. The van der Waals surface area contributed by atoms with E-state index in [1.54, 1.807) is 0 Å². The molecule has 1 aliphatic rings. The summed E-state index contributed by atoms with van der Waals surface area (Å²) in [4.78, 5) is 14.8. The summed E-state index contributed by atoms with van der Waals surface area (Å²) in [6.45, 7) is 4.72. The number of rotatable bonds is 4. The molecular weight excluding hydrogens is 579 g/mol. The van der Waals surface area contributed by atoms with Crippen molar-refractivity contribution >= 4 is 31.5 Å². The van der Waals surface area contributed by atoms with E-state index in [2.05, 4.69) is 92.7 Å². The zero-order valence-corrected chi connectivity index (χ0v) is 26.3. The van der Waals surface area contributed by atoms with Crippen molar-refractivity contribution in [3.63, 3.8) is 0 Å². The van der Waals surface area contributed by atoms with Crippen molar-refractivity contribution in [1.82, 2.24) is 15.0 Å². The Hall–Kier alpha value is -5.45. The highest BCUT2D eigenvalue weighted by atomic mass is 32.1. The average molecular weight is 608 g/mol. The van der Waals surface area contributed by atoms with Crippen LogP contribution in [-0.4, -0.2) is 15.0 Å². The molecule has 0 fully saturated rings. The van der Waals surface area contributed by atoms with Gasteiger partial charge in [-0.05, 0) is 63.7 Å². The van der Waals surface area contributed by atoms with Gasteiger partial charge in [-0.25, -0.2) is 15.0 Å². The van der Waals surface area contributed by atoms with Gasteiger partial charge in [-0.1, -0.05) is 123 Å². The Morgan fingerprint density at radius 1 is 0.413 bits per heavy atom. The Morgan fingerprint density at radius 3 is 1.70 bits per heavy atom. The fourth-order valence-corrected chi connectivity index (χ4v) is 8.03. The maximum atomic E-state index is 4.96. The first-order chi connectivity index (χ1) is 22.5. The number of thiophene rings is 1. The lowest BCUT2D eigenvalue weighted by Crippen LogP contribution is -2.14. The molecule has 0 radical (unpaired) electrons. The van der Waals surface area contributed by atoms with Crippen LogP contribution in [0.3, 0.4) is 0 Å². The molecule has 0 saturated heterocycles. The van der Waals surface area contributed by atoms with E-state index in [0.29, 0.717) is 17.5 Å². The van der Waals surface area contributed by atoms with E-state index in [-0.39, 0.29) is 5.41 Å². The molecule has 2 heterocycles. The Balaban J connectivity index is 1.15. The van der Waals surface area contributed by atoms with Gasteiger partial charge in [0.15, 0.2) is 17.5 Å². The smallest absolute Gasteiger partial charge is 0.164 e. The largest absolute Gasteiger partial charge is 0.208 e. The predicted molar refractivity (Wildman–Crippen MR) is 192 cm³/mol. The molecule has 8 aromatic rings. The van der Waals surface area contributed by atoms with Crippen molar-refractivity contribution in [3.8, 4) is 56.4 Å². The van der Waals surface area contributed by atoms with Gasteiger partial charge in [0.2, 0.25) is 0 Å². The Labute approximate surface area is 271 Å². The number of benzene rings is 6. The molecule has 0 amide bonds. The normalized spacial score (nSPS) is 13.2. The summed E-state index contributed by atoms with van der Waals surface area (Å²) in [6, 6.07) is 49.4. The van der Waals surface area contributed by atoms with Gasteiger partial charge in [0.25, 0.3) is 0 Å². The predicted octanol–water partition coefficient (Wildman–Crippen LogP) is 11.2. The molecule has 6 aromatic carbocycles. The van der Waals surface area contributed by atoms with Gasteiger partial charge in [-0.2, -0.15) is 0 Å². The minimum Gasteiger partial charge on any atom is -0.208 e. The zero-order chi connectivity index (χ0) is 30.8. The van der Waals surface area contributed by atoms with Crippen molar-refractivity contribution in [3.05, 3.63) is 151 Å². The monoisotopic (exact) mass is 607 g/mol. The molecule has 4 heteroatoms. The van der Waals surface area contributed by atoms with E-state index in [1.807, 2.05) is 72.0 Å². The highest BCUT2D eigenvalue weighted by Gasteiger charge is 2.36. The third-order valence-corrected chi connectivity index (χ3v) is 10.5. The second kappa shape index (κ2) is 10.3. The maximum Gasteiger partial charge on any atom is 0.164 e. The molecule has 9 rings (SSSR count). The van der Waals surface area contributed by atoms with Gasteiger partial charge in [0, 0.05) is 42.3 Å². The van der Waals surface area contributed by atoms with Gasteiger partial charge in [-0.3, -0.25) is 0 Å².